The lowest BCUT2D eigenvalue weighted by Gasteiger charge is -2.22. The second-order valence-corrected chi connectivity index (χ2v) is 9.25. The molecule has 0 saturated carbocycles. The van der Waals surface area contributed by atoms with E-state index < -0.39 is 10.0 Å². The smallest absolute Gasteiger partial charge is 0.245 e. The fraction of sp³-hybridized carbons (Fsp3) is 0.667. The molecule has 0 bridgehead atoms. The fourth-order valence-corrected chi connectivity index (χ4v) is 5.65. The average Bonchev–Trinajstić information content (AvgIpc) is 2.96. The quantitative estimate of drug-likeness (QED) is 0.789. The average molecular weight is 383 g/mol. The van der Waals surface area contributed by atoms with Gasteiger partial charge < -0.3 is 9.73 Å². The van der Waals surface area contributed by atoms with E-state index in [1.54, 1.807) is 13.1 Å². The molecule has 0 amide bonds. The Hall–Kier alpha value is -0.0200. The number of hydrogen-bond donors (Lipinski definition) is 2. The highest BCUT2D eigenvalue weighted by Crippen LogP contribution is 2.37. The van der Waals surface area contributed by atoms with Crippen LogP contribution in [0.3, 0.4) is 0 Å². The van der Waals surface area contributed by atoms with Gasteiger partial charge in [-0.2, -0.15) is 11.8 Å². The lowest BCUT2D eigenvalue weighted by atomic mass is 10.1. The summed E-state index contributed by atoms with van der Waals surface area (Å²) in [6, 6.07) is 1.55. The first-order valence-corrected chi connectivity index (χ1v) is 9.69. The zero-order chi connectivity index (χ0) is 14.8. The van der Waals surface area contributed by atoms with Crippen molar-refractivity contribution in [1.82, 2.24) is 10.0 Å². The monoisotopic (exact) mass is 382 g/mol. The van der Waals surface area contributed by atoms with Crippen molar-refractivity contribution in [3.63, 3.8) is 0 Å². The maximum atomic E-state index is 12.3. The number of sulfonamides is 1. The summed E-state index contributed by atoms with van der Waals surface area (Å²) in [5.41, 5.74) is 0. The fourth-order valence-electron chi connectivity index (χ4n) is 2.14. The molecule has 0 radical (unpaired) electrons. The Kier molecular flexibility index (Phi) is 5.23. The number of thioether (sulfide) groups is 1. The molecule has 2 heterocycles. The van der Waals surface area contributed by atoms with Gasteiger partial charge in [0.1, 0.15) is 10.7 Å². The molecule has 1 aliphatic rings. The number of rotatable bonds is 6. The molecule has 1 aliphatic heterocycles. The summed E-state index contributed by atoms with van der Waals surface area (Å²) in [6.07, 6.45) is 2.18. The van der Waals surface area contributed by atoms with E-state index in [1.807, 2.05) is 11.8 Å². The molecule has 114 valence electrons. The molecule has 1 fully saturated rings. The lowest BCUT2D eigenvalue weighted by molar-refractivity contribution is 0.469. The van der Waals surface area contributed by atoms with Gasteiger partial charge in [0.25, 0.3) is 0 Å². The highest BCUT2D eigenvalue weighted by molar-refractivity contribution is 9.10. The summed E-state index contributed by atoms with van der Waals surface area (Å²) in [5, 5.41) is 2.93. The Morgan fingerprint density at radius 2 is 2.30 bits per heavy atom. The van der Waals surface area contributed by atoms with Crippen molar-refractivity contribution in [2.24, 2.45) is 0 Å². The van der Waals surface area contributed by atoms with Crippen molar-refractivity contribution in [2.45, 2.75) is 36.0 Å². The molecule has 1 aromatic rings. The minimum atomic E-state index is -3.55. The molecule has 1 aromatic heterocycles. The van der Waals surface area contributed by atoms with Crippen molar-refractivity contribution in [3.8, 4) is 0 Å². The van der Waals surface area contributed by atoms with Gasteiger partial charge in [-0.25, -0.2) is 13.1 Å². The highest BCUT2D eigenvalue weighted by Gasteiger charge is 2.32. The highest BCUT2D eigenvalue weighted by atomic mass is 79.9. The Bertz CT molecular complexity index is 565. The molecule has 1 unspecified atom stereocenters. The third-order valence-corrected chi connectivity index (χ3v) is 7.08. The molecular weight excluding hydrogens is 364 g/mol. The Labute approximate surface area is 132 Å². The van der Waals surface area contributed by atoms with Crippen molar-refractivity contribution < 1.29 is 12.8 Å². The Morgan fingerprint density at radius 3 is 2.90 bits per heavy atom. The van der Waals surface area contributed by atoms with Crippen LogP contribution in [0, 0.1) is 0 Å². The molecular formula is C12H19BrN2O3S2. The predicted octanol–water partition coefficient (Wildman–Crippen LogP) is 2.33. The minimum absolute atomic E-state index is 0.00289. The zero-order valence-electron chi connectivity index (χ0n) is 11.5. The molecule has 20 heavy (non-hydrogen) atoms. The third-order valence-electron chi connectivity index (χ3n) is 3.28. The van der Waals surface area contributed by atoms with Crippen LogP contribution in [0.4, 0.5) is 0 Å². The molecule has 5 nitrogen and oxygen atoms in total. The topological polar surface area (TPSA) is 71.3 Å². The van der Waals surface area contributed by atoms with Crippen molar-refractivity contribution >= 4 is 37.7 Å². The first-order valence-electron chi connectivity index (χ1n) is 6.43. The van der Waals surface area contributed by atoms with Gasteiger partial charge in [-0.3, -0.25) is 0 Å². The van der Waals surface area contributed by atoms with E-state index in [1.165, 1.54) is 0 Å². The molecule has 2 rings (SSSR count). The van der Waals surface area contributed by atoms with Crippen LogP contribution in [0.5, 0.6) is 0 Å². The Balaban J connectivity index is 2.09. The van der Waals surface area contributed by atoms with Crippen molar-refractivity contribution in [3.05, 3.63) is 16.5 Å². The summed E-state index contributed by atoms with van der Waals surface area (Å²) < 4.78 is 33.0. The second kappa shape index (κ2) is 6.39. The van der Waals surface area contributed by atoms with Gasteiger partial charge in [-0.15, -0.1) is 0 Å². The van der Waals surface area contributed by atoms with Crippen LogP contribution < -0.4 is 10.0 Å². The van der Waals surface area contributed by atoms with Crippen molar-refractivity contribution in [1.29, 1.82) is 0 Å². The van der Waals surface area contributed by atoms with Gasteiger partial charge in [0.2, 0.25) is 10.0 Å². The Morgan fingerprint density at radius 1 is 1.55 bits per heavy atom. The van der Waals surface area contributed by atoms with Crippen LogP contribution >= 0.6 is 27.7 Å². The summed E-state index contributed by atoms with van der Waals surface area (Å²) >= 11 is 5.00. The van der Waals surface area contributed by atoms with Gasteiger partial charge in [-0.05, 0) is 48.5 Å². The normalized spacial score (nSPS) is 23.4. The van der Waals surface area contributed by atoms with Gasteiger partial charge >= 0.3 is 0 Å². The minimum Gasteiger partial charge on any atom is -0.452 e. The maximum absolute atomic E-state index is 12.3. The zero-order valence-corrected chi connectivity index (χ0v) is 14.8. The van der Waals surface area contributed by atoms with Gasteiger partial charge in [0.15, 0.2) is 4.67 Å². The molecule has 2 N–H and O–H groups in total. The molecule has 0 spiro atoms. The largest absolute Gasteiger partial charge is 0.452 e. The maximum Gasteiger partial charge on any atom is 0.245 e. The standard InChI is InChI=1S/C12H19BrN2O3S2/c1-12(4-3-5-19-12)8-15-20(16,17)10-6-9(7-14-2)18-11(10)13/h6,14-15H,3-5,7-8H2,1-2H3. The van der Waals surface area contributed by atoms with Gasteiger partial charge in [-0.1, -0.05) is 0 Å². The van der Waals surface area contributed by atoms with Crippen LogP contribution in [0.1, 0.15) is 25.5 Å². The van der Waals surface area contributed by atoms with E-state index in [4.69, 9.17) is 4.42 Å². The SMILES string of the molecule is CNCc1cc(S(=O)(=O)NCC2(C)CCCS2)c(Br)o1. The van der Waals surface area contributed by atoms with Crippen LogP contribution in [-0.2, 0) is 16.6 Å². The summed E-state index contributed by atoms with van der Waals surface area (Å²) in [4.78, 5) is 0.161. The second-order valence-electron chi connectivity index (χ2n) is 5.11. The van der Waals surface area contributed by atoms with E-state index >= 15 is 0 Å². The molecule has 1 atom stereocenters. The number of halogens is 1. The molecule has 1 saturated heterocycles. The third kappa shape index (κ3) is 3.79. The van der Waals surface area contributed by atoms with Crippen LogP contribution in [0.15, 0.2) is 20.0 Å². The summed E-state index contributed by atoms with van der Waals surface area (Å²) in [7, 11) is -1.77. The lowest BCUT2D eigenvalue weighted by Crippen LogP contribution is -2.36. The first-order chi connectivity index (χ1) is 9.36. The van der Waals surface area contributed by atoms with Crippen molar-refractivity contribution in [2.75, 3.05) is 19.3 Å². The van der Waals surface area contributed by atoms with Crippen LogP contribution in [-0.4, -0.2) is 32.5 Å². The first kappa shape index (κ1) is 16.4. The van der Waals surface area contributed by atoms with E-state index in [0.29, 0.717) is 18.8 Å². The van der Waals surface area contributed by atoms with Gasteiger partial charge in [0.05, 0.1) is 6.54 Å². The van der Waals surface area contributed by atoms with Crippen LogP contribution in [0.25, 0.3) is 0 Å². The predicted molar refractivity (Wildman–Crippen MR) is 84.5 cm³/mol. The van der Waals surface area contributed by atoms with Gasteiger partial charge in [0, 0.05) is 17.4 Å². The van der Waals surface area contributed by atoms with Crippen LogP contribution in [0.2, 0.25) is 0 Å². The van der Waals surface area contributed by atoms with E-state index in [-0.39, 0.29) is 14.3 Å². The molecule has 8 heteroatoms. The van der Waals surface area contributed by atoms with E-state index in [9.17, 15) is 8.42 Å². The molecule has 0 aromatic carbocycles. The summed E-state index contributed by atoms with van der Waals surface area (Å²) in [6.45, 7) is 3.03. The number of nitrogens with one attached hydrogen (secondary N) is 2. The summed E-state index contributed by atoms with van der Waals surface area (Å²) in [5.74, 6) is 1.68. The van der Waals surface area contributed by atoms with E-state index in [2.05, 4.69) is 32.9 Å². The number of furan rings is 1. The molecule has 0 aliphatic carbocycles. The van der Waals surface area contributed by atoms with E-state index in [0.717, 1.165) is 18.6 Å². The number of hydrogen-bond acceptors (Lipinski definition) is 5.